The number of halogens is 1. The molecule has 0 aliphatic heterocycles. The number of amides is 1. The van der Waals surface area contributed by atoms with E-state index < -0.39 is 17.2 Å². The van der Waals surface area contributed by atoms with Crippen LogP contribution in [0.15, 0.2) is 75.4 Å². The number of anilines is 1. The standard InChI is InChI=1S/C22H19FN6O3S/c1-27-17(12-19(31)28(2)22(27)32)24-18(30)13-33-21-26-25-20(14-6-4-3-5-7-14)29(21)16-10-8-15(23)9-11-16/h3-12H,13H2,1-2H3,(H,24,30). The van der Waals surface area contributed by atoms with Crippen LogP contribution >= 0.6 is 11.8 Å². The van der Waals surface area contributed by atoms with Crippen molar-refractivity contribution in [2.24, 2.45) is 14.1 Å². The van der Waals surface area contributed by atoms with Gasteiger partial charge in [-0.1, -0.05) is 42.1 Å². The van der Waals surface area contributed by atoms with Crippen molar-refractivity contribution in [3.63, 3.8) is 0 Å². The lowest BCUT2D eigenvalue weighted by Crippen LogP contribution is -2.38. The molecule has 1 N–H and O–H groups in total. The molecule has 0 atom stereocenters. The van der Waals surface area contributed by atoms with Crippen LogP contribution in [0.1, 0.15) is 0 Å². The predicted octanol–water partition coefficient (Wildman–Crippen LogP) is 2.20. The smallest absolute Gasteiger partial charge is 0.311 e. The van der Waals surface area contributed by atoms with Crippen molar-refractivity contribution < 1.29 is 9.18 Å². The molecule has 2 aromatic heterocycles. The van der Waals surface area contributed by atoms with Gasteiger partial charge < -0.3 is 5.32 Å². The van der Waals surface area contributed by atoms with E-state index in [1.807, 2.05) is 30.3 Å². The van der Waals surface area contributed by atoms with E-state index in [0.717, 1.165) is 21.9 Å². The molecule has 2 heterocycles. The highest BCUT2D eigenvalue weighted by Crippen LogP contribution is 2.28. The maximum Gasteiger partial charge on any atom is 0.332 e. The molecular weight excluding hydrogens is 447 g/mol. The van der Waals surface area contributed by atoms with Crippen molar-refractivity contribution in [3.8, 4) is 17.1 Å². The van der Waals surface area contributed by atoms with E-state index in [9.17, 15) is 18.8 Å². The lowest BCUT2D eigenvalue weighted by Gasteiger charge is -2.12. The maximum absolute atomic E-state index is 13.5. The average molecular weight is 466 g/mol. The Kier molecular flexibility index (Phi) is 6.22. The zero-order chi connectivity index (χ0) is 23.5. The van der Waals surface area contributed by atoms with Crippen LogP contribution in [-0.4, -0.2) is 35.6 Å². The van der Waals surface area contributed by atoms with Crippen LogP contribution in [0.25, 0.3) is 17.1 Å². The monoisotopic (exact) mass is 466 g/mol. The topological polar surface area (TPSA) is 104 Å². The number of thioether (sulfide) groups is 1. The van der Waals surface area contributed by atoms with Gasteiger partial charge in [-0.15, -0.1) is 10.2 Å². The Labute approximate surface area is 191 Å². The summed E-state index contributed by atoms with van der Waals surface area (Å²) < 4.78 is 17.3. The number of benzene rings is 2. The molecule has 4 rings (SSSR count). The predicted molar refractivity (Wildman–Crippen MR) is 123 cm³/mol. The van der Waals surface area contributed by atoms with Crippen LogP contribution in [0.4, 0.5) is 10.2 Å². The number of carbonyl (C=O) groups is 1. The third kappa shape index (κ3) is 4.62. The van der Waals surface area contributed by atoms with Crippen molar-refractivity contribution in [3.05, 3.63) is 87.3 Å². The lowest BCUT2D eigenvalue weighted by molar-refractivity contribution is -0.113. The lowest BCUT2D eigenvalue weighted by atomic mass is 10.2. The summed E-state index contributed by atoms with van der Waals surface area (Å²) in [5.41, 5.74) is 0.372. The maximum atomic E-state index is 13.5. The van der Waals surface area contributed by atoms with Crippen LogP contribution in [-0.2, 0) is 18.9 Å². The Hall–Kier alpha value is -3.99. The molecule has 0 unspecified atom stereocenters. The molecular formula is C22H19FN6O3S. The molecule has 0 aliphatic carbocycles. The Morgan fingerprint density at radius 3 is 2.39 bits per heavy atom. The van der Waals surface area contributed by atoms with Gasteiger partial charge in [0.25, 0.3) is 5.56 Å². The van der Waals surface area contributed by atoms with Crippen molar-refractivity contribution >= 4 is 23.5 Å². The van der Waals surface area contributed by atoms with Crippen molar-refractivity contribution in [1.82, 2.24) is 23.9 Å². The molecule has 168 valence electrons. The molecule has 0 aliphatic rings. The van der Waals surface area contributed by atoms with Gasteiger partial charge in [0.2, 0.25) is 5.91 Å². The van der Waals surface area contributed by atoms with Gasteiger partial charge in [-0.3, -0.25) is 23.3 Å². The third-order valence-electron chi connectivity index (χ3n) is 4.88. The summed E-state index contributed by atoms with van der Waals surface area (Å²) in [7, 11) is 2.82. The van der Waals surface area contributed by atoms with E-state index in [-0.39, 0.29) is 17.4 Å². The zero-order valence-electron chi connectivity index (χ0n) is 17.7. The number of hydrogen-bond donors (Lipinski definition) is 1. The van der Waals surface area contributed by atoms with E-state index in [0.29, 0.717) is 16.7 Å². The minimum Gasteiger partial charge on any atom is -0.311 e. The Bertz CT molecular complexity index is 1430. The molecule has 0 radical (unpaired) electrons. The molecule has 4 aromatic rings. The first-order chi connectivity index (χ1) is 15.8. The van der Waals surface area contributed by atoms with Gasteiger partial charge in [-0.05, 0) is 24.3 Å². The van der Waals surface area contributed by atoms with E-state index >= 15 is 0 Å². The minimum absolute atomic E-state index is 0.0580. The van der Waals surface area contributed by atoms with Crippen molar-refractivity contribution in [2.75, 3.05) is 11.1 Å². The van der Waals surface area contributed by atoms with Gasteiger partial charge in [0, 0.05) is 31.4 Å². The Morgan fingerprint density at radius 1 is 1.00 bits per heavy atom. The molecule has 9 nitrogen and oxygen atoms in total. The van der Waals surface area contributed by atoms with Gasteiger partial charge in [0.05, 0.1) is 5.75 Å². The highest BCUT2D eigenvalue weighted by Gasteiger charge is 2.18. The minimum atomic E-state index is -0.547. The molecule has 0 spiro atoms. The fourth-order valence-electron chi connectivity index (χ4n) is 3.12. The first kappa shape index (κ1) is 22.2. The van der Waals surface area contributed by atoms with E-state index in [1.165, 1.54) is 36.9 Å². The number of hydrogen-bond acceptors (Lipinski definition) is 6. The van der Waals surface area contributed by atoms with Crippen LogP contribution in [0.5, 0.6) is 0 Å². The second-order valence-electron chi connectivity index (χ2n) is 7.09. The van der Waals surface area contributed by atoms with Gasteiger partial charge >= 0.3 is 5.69 Å². The second-order valence-corrected chi connectivity index (χ2v) is 8.03. The fraction of sp³-hybridized carbons (Fsp3) is 0.136. The fourth-order valence-corrected chi connectivity index (χ4v) is 3.87. The molecule has 0 fully saturated rings. The molecule has 0 bridgehead atoms. The normalized spacial score (nSPS) is 10.9. The van der Waals surface area contributed by atoms with Crippen LogP contribution < -0.4 is 16.6 Å². The zero-order valence-corrected chi connectivity index (χ0v) is 18.5. The largest absolute Gasteiger partial charge is 0.332 e. The molecule has 0 saturated heterocycles. The van der Waals surface area contributed by atoms with E-state index in [2.05, 4.69) is 15.5 Å². The molecule has 11 heteroatoms. The summed E-state index contributed by atoms with van der Waals surface area (Å²) in [4.78, 5) is 36.5. The third-order valence-corrected chi connectivity index (χ3v) is 5.80. The summed E-state index contributed by atoms with van der Waals surface area (Å²) in [6.07, 6.45) is 0. The Morgan fingerprint density at radius 2 is 1.70 bits per heavy atom. The molecule has 1 amide bonds. The molecule has 2 aromatic carbocycles. The second kappa shape index (κ2) is 9.25. The SMILES string of the molecule is Cn1c(NC(=O)CSc2nnc(-c3ccccc3)n2-c2ccc(F)cc2)cc(=O)n(C)c1=O. The van der Waals surface area contributed by atoms with Crippen LogP contribution in [0.3, 0.4) is 0 Å². The van der Waals surface area contributed by atoms with E-state index in [4.69, 9.17) is 0 Å². The highest BCUT2D eigenvalue weighted by molar-refractivity contribution is 7.99. The van der Waals surface area contributed by atoms with Crippen molar-refractivity contribution in [2.45, 2.75) is 5.16 Å². The Balaban J connectivity index is 1.60. The number of carbonyl (C=O) groups excluding carboxylic acids is 1. The van der Waals surface area contributed by atoms with Gasteiger partial charge in [-0.2, -0.15) is 0 Å². The number of aromatic nitrogens is 5. The van der Waals surface area contributed by atoms with Crippen LogP contribution in [0, 0.1) is 5.82 Å². The molecule has 0 saturated carbocycles. The first-order valence-corrected chi connectivity index (χ1v) is 10.8. The highest BCUT2D eigenvalue weighted by atomic mass is 32.2. The van der Waals surface area contributed by atoms with E-state index in [1.54, 1.807) is 16.7 Å². The summed E-state index contributed by atoms with van der Waals surface area (Å²) in [5, 5.41) is 11.5. The summed E-state index contributed by atoms with van der Waals surface area (Å²) in [6, 6.07) is 16.4. The van der Waals surface area contributed by atoms with Crippen molar-refractivity contribution in [1.29, 1.82) is 0 Å². The van der Waals surface area contributed by atoms with Crippen LogP contribution in [0.2, 0.25) is 0 Å². The summed E-state index contributed by atoms with van der Waals surface area (Å²) in [5.74, 6) is -0.227. The number of nitrogens with zero attached hydrogens (tertiary/aromatic N) is 5. The number of nitrogens with one attached hydrogen (secondary N) is 1. The summed E-state index contributed by atoms with van der Waals surface area (Å²) >= 11 is 1.12. The number of rotatable bonds is 6. The summed E-state index contributed by atoms with van der Waals surface area (Å²) in [6.45, 7) is 0. The van der Waals surface area contributed by atoms with Gasteiger partial charge in [0.1, 0.15) is 11.6 Å². The van der Waals surface area contributed by atoms with Gasteiger partial charge in [0.15, 0.2) is 11.0 Å². The first-order valence-electron chi connectivity index (χ1n) is 9.81. The molecule has 33 heavy (non-hydrogen) atoms. The van der Waals surface area contributed by atoms with Gasteiger partial charge in [-0.25, -0.2) is 9.18 Å². The quantitative estimate of drug-likeness (QED) is 0.437. The average Bonchev–Trinajstić information content (AvgIpc) is 3.25.